The molecular weight excluding hydrogens is 232 g/mol. The van der Waals surface area contributed by atoms with E-state index in [4.69, 9.17) is 0 Å². The first-order chi connectivity index (χ1) is 8.07. The Labute approximate surface area is 116 Å². The summed E-state index contributed by atoms with van der Waals surface area (Å²) in [7, 11) is 0.906. The van der Waals surface area contributed by atoms with Crippen molar-refractivity contribution >= 4 is 14.7 Å². The van der Waals surface area contributed by atoms with Crippen molar-refractivity contribution in [2.75, 3.05) is 0 Å². The van der Waals surface area contributed by atoms with Gasteiger partial charge in [-0.25, -0.2) is 0 Å². The van der Waals surface area contributed by atoms with E-state index in [-0.39, 0.29) is 5.41 Å². The van der Waals surface area contributed by atoms with E-state index < -0.39 is 0 Å². The first-order valence-corrected chi connectivity index (χ1v) is 7.97. The molecule has 0 fully saturated rings. The molecule has 0 aliphatic heterocycles. The Hall–Kier alpha value is -0.563. The van der Waals surface area contributed by atoms with E-state index in [1.807, 2.05) is 0 Å². The SMILES string of the molecule is CCC(C)(C)[Si]c1cc(C)c(C(C)(C)C)cc1C. The number of hydrogen-bond donors (Lipinski definition) is 0. The lowest BCUT2D eigenvalue weighted by Gasteiger charge is -2.26. The van der Waals surface area contributed by atoms with Crippen LogP contribution in [0.3, 0.4) is 0 Å². The van der Waals surface area contributed by atoms with Crippen molar-refractivity contribution in [3.05, 3.63) is 28.8 Å². The van der Waals surface area contributed by atoms with E-state index in [2.05, 4.69) is 67.5 Å². The minimum absolute atomic E-state index is 0.247. The van der Waals surface area contributed by atoms with Crippen molar-refractivity contribution < 1.29 is 0 Å². The molecule has 0 spiro atoms. The van der Waals surface area contributed by atoms with E-state index in [1.54, 1.807) is 5.19 Å². The van der Waals surface area contributed by atoms with Crippen LogP contribution in [0.5, 0.6) is 0 Å². The van der Waals surface area contributed by atoms with Gasteiger partial charge in [-0.15, -0.1) is 0 Å². The predicted octanol–water partition coefficient (Wildman–Crippen LogP) is 4.54. The highest BCUT2D eigenvalue weighted by Crippen LogP contribution is 2.29. The van der Waals surface area contributed by atoms with Gasteiger partial charge in [-0.2, -0.15) is 0 Å². The van der Waals surface area contributed by atoms with Crippen molar-refractivity contribution in [2.45, 2.75) is 72.3 Å². The molecule has 0 N–H and O–H groups in total. The van der Waals surface area contributed by atoms with Gasteiger partial charge in [0.25, 0.3) is 0 Å². The fraction of sp³-hybridized carbons (Fsp3) is 0.647. The summed E-state index contributed by atoms with van der Waals surface area (Å²) in [5.41, 5.74) is 4.65. The monoisotopic (exact) mass is 260 g/mol. The summed E-state index contributed by atoms with van der Waals surface area (Å²) in [5.74, 6) is 0. The van der Waals surface area contributed by atoms with Crippen molar-refractivity contribution in [3.8, 4) is 0 Å². The Bertz CT molecular complexity index is 422. The lowest BCUT2D eigenvalue weighted by Crippen LogP contribution is -2.29. The van der Waals surface area contributed by atoms with Crippen LogP contribution in [-0.4, -0.2) is 9.52 Å². The quantitative estimate of drug-likeness (QED) is 0.700. The molecule has 1 rings (SSSR count). The second-order valence-corrected chi connectivity index (χ2v) is 9.24. The van der Waals surface area contributed by atoms with Gasteiger partial charge >= 0.3 is 0 Å². The largest absolute Gasteiger partial charge is 0.0875 e. The third-order valence-electron chi connectivity index (χ3n) is 3.74. The van der Waals surface area contributed by atoms with Crippen LogP contribution in [0.2, 0.25) is 5.04 Å². The predicted molar refractivity (Wildman–Crippen MR) is 84.3 cm³/mol. The van der Waals surface area contributed by atoms with E-state index in [1.165, 1.54) is 23.1 Å². The smallest absolute Gasteiger partial charge is 0.0651 e. The Morgan fingerprint density at radius 3 is 1.94 bits per heavy atom. The van der Waals surface area contributed by atoms with E-state index >= 15 is 0 Å². The summed E-state index contributed by atoms with van der Waals surface area (Å²) in [4.78, 5) is 0. The molecule has 1 aromatic carbocycles. The maximum Gasteiger partial charge on any atom is 0.0875 e. The molecule has 0 aromatic heterocycles. The van der Waals surface area contributed by atoms with Crippen molar-refractivity contribution in [3.63, 3.8) is 0 Å². The molecule has 0 unspecified atom stereocenters. The number of hydrogen-bond acceptors (Lipinski definition) is 0. The topological polar surface area (TPSA) is 0 Å². The highest BCUT2D eigenvalue weighted by Gasteiger charge is 2.21. The van der Waals surface area contributed by atoms with E-state index in [9.17, 15) is 0 Å². The van der Waals surface area contributed by atoms with Gasteiger partial charge in [-0.1, -0.05) is 70.8 Å². The standard InChI is InChI=1S/C17H28Si/c1-9-17(7,8)18-15-11-12(2)14(10-13(15)3)16(4,5)6/h10-11H,9H2,1-8H3. The zero-order chi connectivity index (χ0) is 14.1. The first kappa shape index (κ1) is 15.5. The zero-order valence-corrected chi connectivity index (χ0v) is 14.4. The maximum absolute atomic E-state index is 2.42. The average Bonchev–Trinajstić information content (AvgIpc) is 2.21. The molecule has 0 atom stereocenters. The molecule has 18 heavy (non-hydrogen) atoms. The molecule has 0 aliphatic carbocycles. The molecule has 100 valence electrons. The Kier molecular flexibility index (Phi) is 4.48. The Morgan fingerprint density at radius 1 is 0.944 bits per heavy atom. The molecule has 0 bridgehead atoms. The summed E-state index contributed by atoms with van der Waals surface area (Å²) < 4.78 is 0. The van der Waals surface area contributed by atoms with E-state index in [0.717, 1.165) is 9.52 Å². The molecule has 0 saturated carbocycles. The lowest BCUT2D eigenvalue weighted by atomic mass is 9.83. The van der Waals surface area contributed by atoms with Gasteiger partial charge in [0.05, 0.1) is 9.52 Å². The summed E-state index contributed by atoms with van der Waals surface area (Å²) in [6.45, 7) is 18.5. The van der Waals surface area contributed by atoms with Crippen LogP contribution in [-0.2, 0) is 5.41 Å². The van der Waals surface area contributed by atoms with Crippen LogP contribution in [0.15, 0.2) is 12.1 Å². The van der Waals surface area contributed by atoms with Crippen LogP contribution in [0.1, 0.15) is 64.7 Å². The maximum atomic E-state index is 2.42. The highest BCUT2D eigenvalue weighted by atomic mass is 28.2. The third kappa shape index (κ3) is 3.71. The lowest BCUT2D eigenvalue weighted by molar-refractivity contribution is 0.586. The van der Waals surface area contributed by atoms with Crippen LogP contribution in [0.4, 0.5) is 0 Å². The molecular formula is C17H28Si. The van der Waals surface area contributed by atoms with Crippen LogP contribution in [0, 0.1) is 13.8 Å². The molecule has 0 amide bonds. The van der Waals surface area contributed by atoms with Gasteiger partial charge in [0, 0.05) is 0 Å². The summed E-state index contributed by atoms with van der Waals surface area (Å²) in [6.07, 6.45) is 1.24. The van der Waals surface area contributed by atoms with E-state index in [0.29, 0.717) is 5.04 Å². The normalized spacial score (nSPS) is 12.9. The second-order valence-electron chi connectivity index (χ2n) is 7.09. The van der Waals surface area contributed by atoms with Gasteiger partial charge in [-0.3, -0.25) is 0 Å². The summed E-state index contributed by atoms with van der Waals surface area (Å²) in [6, 6.07) is 4.83. The second kappa shape index (κ2) is 5.20. The molecule has 0 aliphatic rings. The molecule has 0 heterocycles. The fourth-order valence-corrected chi connectivity index (χ4v) is 3.68. The molecule has 1 heteroatoms. The van der Waals surface area contributed by atoms with Crippen LogP contribution >= 0.6 is 0 Å². The van der Waals surface area contributed by atoms with Crippen molar-refractivity contribution in [1.29, 1.82) is 0 Å². The third-order valence-corrected chi connectivity index (χ3v) is 5.57. The Morgan fingerprint density at radius 2 is 1.50 bits per heavy atom. The van der Waals surface area contributed by atoms with Crippen molar-refractivity contribution in [2.24, 2.45) is 0 Å². The van der Waals surface area contributed by atoms with Crippen molar-refractivity contribution in [1.82, 2.24) is 0 Å². The fourth-order valence-electron chi connectivity index (χ4n) is 2.21. The highest BCUT2D eigenvalue weighted by molar-refractivity contribution is 6.57. The number of rotatable bonds is 3. The number of aryl methyl sites for hydroxylation is 2. The van der Waals surface area contributed by atoms with Crippen LogP contribution < -0.4 is 5.19 Å². The van der Waals surface area contributed by atoms with Gasteiger partial charge < -0.3 is 0 Å². The van der Waals surface area contributed by atoms with Gasteiger partial charge in [0.2, 0.25) is 0 Å². The number of benzene rings is 1. The van der Waals surface area contributed by atoms with Gasteiger partial charge in [0.15, 0.2) is 0 Å². The zero-order valence-electron chi connectivity index (χ0n) is 13.4. The van der Waals surface area contributed by atoms with Crippen LogP contribution in [0.25, 0.3) is 0 Å². The van der Waals surface area contributed by atoms with Gasteiger partial charge in [-0.05, 0) is 35.4 Å². The first-order valence-electron chi connectivity index (χ1n) is 6.97. The minimum Gasteiger partial charge on any atom is -0.0651 e. The Balaban J connectivity index is 3.16. The molecule has 1 aromatic rings. The summed E-state index contributed by atoms with van der Waals surface area (Å²) >= 11 is 0. The average molecular weight is 260 g/mol. The molecule has 0 nitrogen and oxygen atoms in total. The molecule has 0 saturated heterocycles. The molecule has 2 radical (unpaired) electrons. The minimum atomic E-state index is 0.247. The van der Waals surface area contributed by atoms with Gasteiger partial charge in [0.1, 0.15) is 0 Å². The summed E-state index contributed by atoms with van der Waals surface area (Å²) in [5, 5.41) is 1.98.